The molecule has 108 valence electrons. The van der Waals surface area contributed by atoms with E-state index in [0.29, 0.717) is 22.2 Å². The van der Waals surface area contributed by atoms with Gasteiger partial charge in [0, 0.05) is 0 Å². The van der Waals surface area contributed by atoms with E-state index < -0.39 is 5.41 Å². The van der Waals surface area contributed by atoms with Crippen molar-refractivity contribution in [1.82, 2.24) is 5.43 Å². The Kier molecular flexibility index (Phi) is 4.55. The lowest BCUT2D eigenvalue weighted by Gasteiger charge is -2.10. The largest absolute Gasteiger partial charge is 0.272 e. The molecule has 3 nitrogen and oxygen atoms in total. The van der Waals surface area contributed by atoms with Crippen LogP contribution in [0.4, 0.5) is 0 Å². The highest BCUT2D eigenvalue weighted by atomic mass is 79.9. The fourth-order valence-corrected chi connectivity index (χ4v) is 3.47. The number of benzene rings is 1. The fourth-order valence-electron chi connectivity index (χ4n) is 1.69. The summed E-state index contributed by atoms with van der Waals surface area (Å²) in [7, 11) is 0. The summed E-state index contributed by atoms with van der Waals surface area (Å²) in [5.41, 5.74) is 3.57. The molecule has 1 aromatic carbocycles. The molecule has 20 heavy (non-hydrogen) atoms. The lowest BCUT2D eigenvalue weighted by atomic mass is 10.1. The first-order valence-electron chi connectivity index (χ1n) is 5.85. The van der Waals surface area contributed by atoms with Crippen LogP contribution < -0.4 is 5.43 Å². The molecule has 0 aromatic heterocycles. The van der Waals surface area contributed by atoms with Gasteiger partial charge in [-0.1, -0.05) is 61.1 Å². The molecule has 1 amide bonds. The van der Waals surface area contributed by atoms with Gasteiger partial charge in [-0.3, -0.25) is 4.79 Å². The Bertz CT molecular complexity index is 604. The summed E-state index contributed by atoms with van der Waals surface area (Å²) in [6.07, 6.45) is 0.715. The molecular formula is C13H12Br2Cl2N2O. The van der Waals surface area contributed by atoms with Crippen molar-refractivity contribution < 1.29 is 4.79 Å². The first-order valence-corrected chi connectivity index (χ1v) is 8.19. The van der Waals surface area contributed by atoms with E-state index in [1.54, 1.807) is 25.1 Å². The summed E-state index contributed by atoms with van der Waals surface area (Å²) >= 11 is 18.7. The van der Waals surface area contributed by atoms with Crippen molar-refractivity contribution >= 4 is 66.7 Å². The summed E-state index contributed by atoms with van der Waals surface area (Å²) in [5.74, 6) is -0.134. The first-order chi connectivity index (χ1) is 9.17. The highest BCUT2D eigenvalue weighted by Crippen LogP contribution is 2.66. The van der Waals surface area contributed by atoms with Crippen LogP contribution in [-0.2, 0) is 4.79 Å². The Hall–Kier alpha value is -0.100. The maximum atomic E-state index is 12.1. The standard InChI is InChI=1S/C13H12Br2Cl2N2O/c1-7(8-3-4-9(16)10(17)5-8)18-19-11(20)12(2)6-13(12,14)15/h3-5H,6H2,1-2H3,(H,19,20)/b18-7+. The van der Waals surface area contributed by atoms with Crippen molar-refractivity contribution in [3.05, 3.63) is 33.8 Å². The van der Waals surface area contributed by atoms with E-state index >= 15 is 0 Å². The summed E-state index contributed by atoms with van der Waals surface area (Å²) in [5, 5.41) is 5.06. The van der Waals surface area contributed by atoms with Crippen molar-refractivity contribution in [1.29, 1.82) is 0 Å². The molecule has 0 spiro atoms. The number of carbonyl (C=O) groups is 1. The van der Waals surface area contributed by atoms with E-state index in [2.05, 4.69) is 42.4 Å². The minimum Gasteiger partial charge on any atom is -0.272 e. The third-order valence-electron chi connectivity index (χ3n) is 3.42. The molecular weight excluding hydrogens is 431 g/mol. The molecule has 1 aliphatic carbocycles. The second kappa shape index (κ2) is 5.59. The lowest BCUT2D eigenvalue weighted by molar-refractivity contribution is -0.125. The minimum atomic E-state index is -0.492. The van der Waals surface area contributed by atoms with Crippen LogP contribution >= 0.6 is 55.1 Å². The third kappa shape index (κ3) is 3.06. The van der Waals surface area contributed by atoms with Crippen LogP contribution in [0.5, 0.6) is 0 Å². The van der Waals surface area contributed by atoms with Crippen LogP contribution in [0, 0.1) is 5.41 Å². The maximum Gasteiger partial charge on any atom is 0.248 e. The van der Waals surface area contributed by atoms with E-state index in [1.807, 2.05) is 6.92 Å². The summed E-state index contributed by atoms with van der Waals surface area (Å²) in [6, 6.07) is 5.22. The number of nitrogens with one attached hydrogen (secondary N) is 1. The molecule has 1 aromatic rings. The Morgan fingerprint density at radius 1 is 1.35 bits per heavy atom. The number of rotatable bonds is 3. The van der Waals surface area contributed by atoms with E-state index in [-0.39, 0.29) is 9.14 Å². The zero-order valence-corrected chi connectivity index (χ0v) is 15.5. The lowest BCUT2D eigenvalue weighted by Crippen LogP contribution is -2.30. The van der Waals surface area contributed by atoms with Gasteiger partial charge >= 0.3 is 0 Å². The van der Waals surface area contributed by atoms with Gasteiger partial charge in [0.1, 0.15) is 0 Å². The monoisotopic (exact) mass is 440 g/mol. The second-order valence-corrected chi connectivity index (χ2v) is 9.57. The van der Waals surface area contributed by atoms with Crippen molar-refractivity contribution in [3.8, 4) is 0 Å². The number of amides is 1. The smallest absolute Gasteiger partial charge is 0.248 e. The van der Waals surface area contributed by atoms with Gasteiger partial charge in [0.15, 0.2) is 0 Å². The molecule has 0 aliphatic heterocycles. The van der Waals surface area contributed by atoms with Gasteiger partial charge in [0.05, 0.1) is 24.4 Å². The molecule has 7 heteroatoms. The zero-order valence-electron chi connectivity index (χ0n) is 10.8. The van der Waals surface area contributed by atoms with Crippen LogP contribution in [0.15, 0.2) is 23.3 Å². The van der Waals surface area contributed by atoms with Gasteiger partial charge in [-0.2, -0.15) is 5.10 Å². The van der Waals surface area contributed by atoms with Gasteiger partial charge in [0.2, 0.25) is 5.91 Å². The number of carbonyl (C=O) groups excluding carboxylic acids is 1. The normalized spacial score (nSPS) is 24.4. The van der Waals surface area contributed by atoms with Crippen LogP contribution in [0.1, 0.15) is 25.8 Å². The number of hydrogen-bond acceptors (Lipinski definition) is 2. The van der Waals surface area contributed by atoms with Crippen LogP contribution in [-0.4, -0.2) is 14.9 Å². The average molecular weight is 443 g/mol. The molecule has 1 aliphatic rings. The Morgan fingerprint density at radius 2 is 1.95 bits per heavy atom. The quantitative estimate of drug-likeness (QED) is 0.410. The van der Waals surface area contributed by atoms with Gasteiger partial charge in [-0.25, -0.2) is 5.43 Å². The van der Waals surface area contributed by atoms with Gasteiger partial charge in [0.25, 0.3) is 0 Å². The Balaban J connectivity index is 2.08. The van der Waals surface area contributed by atoms with Crippen molar-refractivity contribution in [2.45, 2.75) is 23.5 Å². The minimum absolute atomic E-state index is 0.134. The van der Waals surface area contributed by atoms with E-state index in [1.165, 1.54) is 0 Å². The van der Waals surface area contributed by atoms with E-state index in [4.69, 9.17) is 23.2 Å². The summed E-state index contributed by atoms with van der Waals surface area (Å²) < 4.78 is -0.329. The molecule has 0 saturated heterocycles. The van der Waals surface area contributed by atoms with Gasteiger partial charge in [-0.15, -0.1) is 0 Å². The second-order valence-electron chi connectivity index (χ2n) is 4.98. The van der Waals surface area contributed by atoms with E-state index in [0.717, 1.165) is 5.56 Å². The molecule has 2 rings (SSSR count). The number of alkyl halides is 2. The van der Waals surface area contributed by atoms with Crippen molar-refractivity contribution in [2.75, 3.05) is 0 Å². The summed E-state index contributed by atoms with van der Waals surface area (Å²) in [6.45, 7) is 3.67. The van der Waals surface area contributed by atoms with Gasteiger partial charge in [-0.05, 0) is 38.0 Å². The van der Waals surface area contributed by atoms with Crippen molar-refractivity contribution in [3.63, 3.8) is 0 Å². The maximum absolute atomic E-state index is 12.1. The van der Waals surface area contributed by atoms with Gasteiger partial charge < -0.3 is 0 Å². The molecule has 0 heterocycles. The molecule has 1 N–H and O–H groups in total. The Labute approximate surface area is 144 Å². The summed E-state index contributed by atoms with van der Waals surface area (Å²) in [4.78, 5) is 12.1. The zero-order chi connectivity index (χ0) is 15.1. The van der Waals surface area contributed by atoms with Crippen LogP contribution in [0.3, 0.4) is 0 Å². The first kappa shape index (κ1) is 16.3. The highest BCUT2D eigenvalue weighted by molar-refractivity contribution is 9.25. The predicted molar refractivity (Wildman–Crippen MR) is 90.1 cm³/mol. The van der Waals surface area contributed by atoms with Crippen molar-refractivity contribution in [2.24, 2.45) is 10.5 Å². The SMILES string of the molecule is C/C(=N\NC(=O)C1(C)CC1(Br)Br)c1ccc(Cl)c(Cl)c1. The van der Waals surface area contributed by atoms with Crippen LogP contribution in [0.25, 0.3) is 0 Å². The highest BCUT2D eigenvalue weighted by Gasteiger charge is 2.66. The topological polar surface area (TPSA) is 41.5 Å². The number of hydrogen-bond donors (Lipinski definition) is 1. The Morgan fingerprint density at radius 3 is 2.45 bits per heavy atom. The number of nitrogens with zero attached hydrogens (tertiary/aromatic N) is 1. The number of hydrazone groups is 1. The molecule has 1 atom stereocenters. The third-order valence-corrected chi connectivity index (χ3v) is 6.47. The average Bonchev–Trinajstić information content (AvgIpc) is 2.90. The van der Waals surface area contributed by atoms with E-state index in [9.17, 15) is 4.79 Å². The fraction of sp³-hybridized carbons (Fsp3) is 0.385. The molecule has 1 saturated carbocycles. The molecule has 0 radical (unpaired) electrons. The van der Waals surface area contributed by atoms with Crippen LogP contribution in [0.2, 0.25) is 10.0 Å². The molecule has 0 bridgehead atoms. The molecule has 1 fully saturated rings. The number of halogens is 4. The predicted octanol–water partition coefficient (Wildman–Crippen LogP) is 4.73. The molecule has 1 unspecified atom stereocenters.